The Hall–Kier alpha value is -2.21. The quantitative estimate of drug-likeness (QED) is 0.801. The Balaban J connectivity index is 2.08. The van der Waals surface area contributed by atoms with Crippen LogP contribution in [-0.4, -0.2) is 22.6 Å². The van der Waals surface area contributed by atoms with E-state index in [1.54, 1.807) is 0 Å². The summed E-state index contributed by atoms with van der Waals surface area (Å²) in [5.41, 5.74) is 8.40. The summed E-state index contributed by atoms with van der Waals surface area (Å²) < 4.78 is 5.10. The Kier molecular flexibility index (Phi) is 2.56. The minimum Gasteiger partial charge on any atom is -0.363 e. The fourth-order valence-corrected chi connectivity index (χ4v) is 2.17. The standard InChI is InChI=1S/C12H12N4O2/c13-10(17)11-15-12(18-16-11)9-3-1-2-7-6-14-5-4-8(7)9/h1-3,14H,4-6H2,(H2,13,17). The molecule has 6 heteroatoms. The zero-order valence-corrected chi connectivity index (χ0v) is 9.64. The molecule has 1 aromatic carbocycles. The molecule has 3 N–H and O–H groups in total. The second-order valence-electron chi connectivity index (χ2n) is 4.16. The summed E-state index contributed by atoms with van der Waals surface area (Å²) in [6.45, 7) is 1.75. The third-order valence-corrected chi connectivity index (χ3v) is 3.02. The van der Waals surface area contributed by atoms with Gasteiger partial charge in [-0.1, -0.05) is 17.3 Å². The monoisotopic (exact) mass is 244 g/mol. The van der Waals surface area contributed by atoms with Gasteiger partial charge < -0.3 is 15.6 Å². The molecule has 0 radical (unpaired) electrons. The minimum atomic E-state index is -0.684. The topological polar surface area (TPSA) is 94.0 Å². The van der Waals surface area contributed by atoms with E-state index in [-0.39, 0.29) is 5.82 Å². The Morgan fingerprint density at radius 3 is 3.11 bits per heavy atom. The number of nitrogens with one attached hydrogen (secondary N) is 1. The van der Waals surface area contributed by atoms with Gasteiger partial charge in [0.05, 0.1) is 0 Å². The van der Waals surface area contributed by atoms with Crippen LogP contribution in [0.25, 0.3) is 11.5 Å². The number of nitrogens with two attached hydrogens (primary N) is 1. The predicted octanol–water partition coefficient (Wildman–Crippen LogP) is 0.481. The van der Waals surface area contributed by atoms with Gasteiger partial charge >= 0.3 is 0 Å². The summed E-state index contributed by atoms with van der Waals surface area (Å²) in [6, 6.07) is 5.92. The molecule has 1 aliphatic rings. The fraction of sp³-hybridized carbons (Fsp3) is 0.250. The average Bonchev–Trinajstić information content (AvgIpc) is 2.87. The predicted molar refractivity (Wildman–Crippen MR) is 63.7 cm³/mol. The molecule has 0 aliphatic carbocycles. The van der Waals surface area contributed by atoms with Crippen LogP contribution in [0.1, 0.15) is 21.7 Å². The van der Waals surface area contributed by atoms with E-state index in [1.807, 2.05) is 12.1 Å². The van der Waals surface area contributed by atoms with Crippen molar-refractivity contribution in [3.63, 3.8) is 0 Å². The van der Waals surface area contributed by atoms with Crippen molar-refractivity contribution >= 4 is 5.91 Å². The zero-order valence-electron chi connectivity index (χ0n) is 9.64. The van der Waals surface area contributed by atoms with Gasteiger partial charge in [-0.15, -0.1) is 0 Å². The number of carbonyl (C=O) groups excluding carboxylic acids is 1. The Bertz CT molecular complexity index is 606. The molecule has 0 unspecified atom stereocenters. The molecule has 2 aromatic rings. The van der Waals surface area contributed by atoms with Gasteiger partial charge in [-0.05, 0) is 30.2 Å². The number of fused-ring (bicyclic) bond motifs is 1. The van der Waals surface area contributed by atoms with E-state index in [0.717, 1.165) is 25.1 Å². The van der Waals surface area contributed by atoms with Gasteiger partial charge in [0.15, 0.2) is 0 Å². The molecule has 0 bridgehead atoms. The van der Waals surface area contributed by atoms with Gasteiger partial charge in [0, 0.05) is 12.1 Å². The highest BCUT2D eigenvalue weighted by Crippen LogP contribution is 2.27. The fourth-order valence-electron chi connectivity index (χ4n) is 2.17. The van der Waals surface area contributed by atoms with Gasteiger partial charge in [-0.2, -0.15) is 4.98 Å². The van der Waals surface area contributed by atoms with Crippen molar-refractivity contribution in [3.05, 3.63) is 35.2 Å². The van der Waals surface area contributed by atoms with E-state index in [4.69, 9.17) is 10.3 Å². The minimum absolute atomic E-state index is 0.0865. The lowest BCUT2D eigenvalue weighted by Crippen LogP contribution is -2.24. The third-order valence-electron chi connectivity index (χ3n) is 3.02. The molecular formula is C12H12N4O2. The van der Waals surface area contributed by atoms with Crippen LogP contribution >= 0.6 is 0 Å². The number of benzene rings is 1. The van der Waals surface area contributed by atoms with Crippen molar-refractivity contribution in [2.45, 2.75) is 13.0 Å². The second-order valence-corrected chi connectivity index (χ2v) is 4.16. The molecule has 1 aromatic heterocycles. The maximum absolute atomic E-state index is 11.0. The van der Waals surface area contributed by atoms with Crippen molar-refractivity contribution in [1.82, 2.24) is 15.5 Å². The van der Waals surface area contributed by atoms with Crippen LogP contribution in [0.15, 0.2) is 22.7 Å². The van der Waals surface area contributed by atoms with Crippen molar-refractivity contribution in [2.24, 2.45) is 5.73 Å². The molecule has 18 heavy (non-hydrogen) atoms. The van der Waals surface area contributed by atoms with Crippen LogP contribution in [0.3, 0.4) is 0 Å². The summed E-state index contributed by atoms with van der Waals surface area (Å²) >= 11 is 0. The maximum atomic E-state index is 11.0. The molecule has 1 aliphatic heterocycles. The van der Waals surface area contributed by atoms with Crippen LogP contribution in [-0.2, 0) is 13.0 Å². The lowest BCUT2D eigenvalue weighted by molar-refractivity contribution is 0.0987. The van der Waals surface area contributed by atoms with E-state index >= 15 is 0 Å². The molecular weight excluding hydrogens is 232 g/mol. The summed E-state index contributed by atoms with van der Waals surface area (Å²) in [5.74, 6) is -0.421. The van der Waals surface area contributed by atoms with Crippen molar-refractivity contribution in [3.8, 4) is 11.5 Å². The van der Waals surface area contributed by atoms with Crippen LogP contribution in [0.5, 0.6) is 0 Å². The number of primary amides is 1. The second kappa shape index (κ2) is 4.23. The number of carbonyl (C=O) groups is 1. The van der Waals surface area contributed by atoms with E-state index in [0.29, 0.717) is 5.89 Å². The molecule has 1 amide bonds. The molecule has 0 saturated carbocycles. The Morgan fingerprint density at radius 1 is 1.44 bits per heavy atom. The lowest BCUT2D eigenvalue weighted by Gasteiger charge is -2.18. The van der Waals surface area contributed by atoms with Gasteiger partial charge in [-0.25, -0.2) is 0 Å². The van der Waals surface area contributed by atoms with E-state index < -0.39 is 5.91 Å². The first-order chi connectivity index (χ1) is 8.75. The first-order valence-electron chi connectivity index (χ1n) is 5.71. The molecule has 0 spiro atoms. The summed E-state index contributed by atoms with van der Waals surface area (Å²) in [5, 5.41) is 6.87. The Morgan fingerprint density at radius 2 is 2.33 bits per heavy atom. The van der Waals surface area contributed by atoms with Gasteiger partial charge in [0.1, 0.15) is 0 Å². The number of rotatable bonds is 2. The molecule has 6 nitrogen and oxygen atoms in total. The van der Waals surface area contributed by atoms with Crippen LogP contribution in [0, 0.1) is 0 Å². The average molecular weight is 244 g/mol. The van der Waals surface area contributed by atoms with Gasteiger partial charge in [0.2, 0.25) is 0 Å². The molecule has 0 fully saturated rings. The van der Waals surface area contributed by atoms with Crippen molar-refractivity contribution in [1.29, 1.82) is 0 Å². The molecule has 0 saturated heterocycles. The largest absolute Gasteiger partial charge is 0.363 e. The summed E-state index contributed by atoms with van der Waals surface area (Å²) in [4.78, 5) is 15.0. The summed E-state index contributed by atoms with van der Waals surface area (Å²) in [7, 11) is 0. The number of aromatic nitrogens is 2. The van der Waals surface area contributed by atoms with Crippen molar-refractivity contribution < 1.29 is 9.32 Å². The highest BCUT2D eigenvalue weighted by molar-refractivity contribution is 5.89. The first kappa shape index (κ1) is 10.9. The SMILES string of the molecule is NC(=O)c1noc(-c2cccc3c2CCNC3)n1. The normalized spacial score (nSPS) is 14.2. The van der Waals surface area contributed by atoms with Gasteiger partial charge in [-0.3, -0.25) is 4.79 Å². The zero-order chi connectivity index (χ0) is 12.5. The Labute approximate surface area is 103 Å². The molecule has 0 atom stereocenters. The number of amides is 1. The maximum Gasteiger partial charge on any atom is 0.290 e. The number of nitrogens with zero attached hydrogens (tertiary/aromatic N) is 2. The van der Waals surface area contributed by atoms with E-state index in [2.05, 4.69) is 21.5 Å². The third kappa shape index (κ3) is 1.76. The lowest BCUT2D eigenvalue weighted by atomic mass is 9.95. The van der Waals surface area contributed by atoms with Crippen LogP contribution in [0.2, 0.25) is 0 Å². The molecule has 92 valence electrons. The smallest absolute Gasteiger partial charge is 0.290 e. The highest BCUT2D eigenvalue weighted by atomic mass is 16.5. The van der Waals surface area contributed by atoms with Gasteiger partial charge in [0.25, 0.3) is 17.6 Å². The van der Waals surface area contributed by atoms with E-state index in [1.165, 1.54) is 11.1 Å². The number of hydrogen-bond donors (Lipinski definition) is 2. The number of hydrogen-bond acceptors (Lipinski definition) is 5. The van der Waals surface area contributed by atoms with E-state index in [9.17, 15) is 4.79 Å². The molecule has 2 heterocycles. The highest BCUT2D eigenvalue weighted by Gasteiger charge is 2.19. The van der Waals surface area contributed by atoms with Crippen LogP contribution < -0.4 is 11.1 Å². The molecule has 3 rings (SSSR count). The summed E-state index contributed by atoms with van der Waals surface area (Å²) in [6.07, 6.45) is 0.903. The first-order valence-corrected chi connectivity index (χ1v) is 5.71. The van der Waals surface area contributed by atoms with Crippen molar-refractivity contribution in [2.75, 3.05) is 6.54 Å². The van der Waals surface area contributed by atoms with Crippen LogP contribution in [0.4, 0.5) is 0 Å².